The molecule has 0 saturated heterocycles. The second-order valence-electron chi connectivity index (χ2n) is 4.45. The molecule has 0 aliphatic carbocycles. The molecule has 1 N–H and O–H groups in total. The first kappa shape index (κ1) is 14.2. The summed E-state index contributed by atoms with van der Waals surface area (Å²) in [6.45, 7) is 4.83. The molecule has 1 atom stereocenters. The van der Waals surface area contributed by atoms with Gasteiger partial charge in [0.1, 0.15) is 0 Å². The molecular formula is C14H20BrNO. The predicted molar refractivity (Wildman–Crippen MR) is 75.0 cm³/mol. The second-order valence-corrected chi connectivity index (χ2v) is 5.01. The number of amides is 1. The van der Waals surface area contributed by atoms with Crippen LogP contribution in [0.15, 0.2) is 24.3 Å². The van der Waals surface area contributed by atoms with E-state index in [4.69, 9.17) is 0 Å². The standard InChI is InChI=1S/C14H20BrNO/c1-3-11(2)7-14(17)16-10-13-6-4-5-12(8-13)9-15/h4-6,8,11H,3,7,9-10H2,1-2H3,(H,16,17). The molecule has 0 bridgehead atoms. The topological polar surface area (TPSA) is 29.1 Å². The van der Waals surface area contributed by atoms with Crippen LogP contribution >= 0.6 is 15.9 Å². The van der Waals surface area contributed by atoms with Crippen molar-refractivity contribution in [2.24, 2.45) is 5.92 Å². The molecule has 2 nitrogen and oxygen atoms in total. The summed E-state index contributed by atoms with van der Waals surface area (Å²) >= 11 is 3.43. The lowest BCUT2D eigenvalue weighted by molar-refractivity contribution is -0.122. The molecule has 0 fully saturated rings. The van der Waals surface area contributed by atoms with E-state index in [-0.39, 0.29) is 5.91 Å². The first-order chi connectivity index (χ1) is 8.15. The van der Waals surface area contributed by atoms with Crippen LogP contribution in [0.2, 0.25) is 0 Å². The second kappa shape index (κ2) is 7.49. The van der Waals surface area contributed by atoms with Crippen molar-refractivity contribution in [1.29, 1.82) is 0 Å². The molecule has 0 aromatic heterocycles. The third-order valence-corrected chi connectivity index (χ3v) is 3.51. The Bertz CT molecular complexity index is 365. The molecule has 0 radical (unpaired) electrons. The molecule has 0 heterocycles. The van der Waals surface area contributed by atoms with E-state index in [9.17, 15) is 4.79 Å². The van der Waals surface area contributed by atoms with Gasteiger partial charge in [-0.2, -0.15) is 0 Å². The highest BCUT2D eigenvalue weighted by Gasteiger charge is 2.06. The number of carbonyl (C=O) groups is 1. The van der Waals surface area contributed by atoms with E-state index in [2.05, 4.69) is 47.2 Å². The minimum atomic E-state index is 0.142. The van der Waals surface area contributed by atoms with Gasteiger partial charge in [-0.3, -0.25) is 4.79 Å². The van der Waals surface area contributed by atoms with Crippen LogP contribution in [0.5, 0.6) is 0 Å². The number of hydrogen-bond acceptors (Lipinski definition) is 1. The van der Waals surface area contributed by atoms with E-state index >= 15 is 0 Å². The molecule has 0 aliphatic rings. The summed E-state index contributed by atoms with van der Waals surface area (Å²) in [7, 11) is 0. The Kier molecular flexibility index (Phi) is 6.27. The largest absolute Gasteiger partial charge is 0.352 e. The smallest absolute Gasteiger partial charge is 0.220 e. The minimum Gasteiger partial charge on any atom is -0.352 e. The fraction of sp³-hybridized carbons (Fsp3) is 0.500. The van der Waals surface area contributed by atoms with Gasteiger partial charge in [0.25, 0.3) is 0 Å². The molecular weight excluding hydrogens is 278 g/mol. The number of alkyl halides is 1. The van der Waals surface area contributed by atoms with Crippen LogP contribution in [-0.2, 0) is 16.7 Å². The first-order valence-corrected chi connectivity index (χ1v) is 7.18. The summed E-state index contributed by atoms with van der Waals surface area (Å²) in [5.74, 6) is 0.604. The summed E-state index contributed by atoms with van der Waals surface area (Å²) in [6, 6.07) is 8.24. The zero-order valence-electron chi connectivity index (χ0n) is 10.5. The lowest BCUT2D eigenvalue weighted by Crippen LogP contribution is -2.24. The summed E-state index contributed by atoms with van der Waals surface area (Å²) in [5, 5.41) is 3.81. The number of carbonyl (C=O) groups excluding carboxylic acids is 1. The van der Waals surface area contributed by atoms with E-state index < -0.39 is 0 Å². The van der Waals surface area contributed by atoms with Gasteiger partial charge in [0, 0.05) is 18.3 Å². The first-order valence-electron chi connectivity index (χ1n) is 6.06. The zero-order chi connectivity index (χ0) is 12.7. The quantitative estimate of drug-likeness (QED) is 0.798. The van der Waals surface area contributed by atoms with Crippen molar-refractivity contribution >= 4 is 21.8 Å². The van der Waals surface area contributed by atoms with Gasteiger partial charge in [-0.05, 0) is 17.0 Å². The predicted octanol–water partition coefficient (Wildman–Crippen LogP) is 3.63. The third kappa shape index (κ3) is 5.35. The Morgan fingerprint density at radius 1 is 1.41 bits per heavy atom. The van der Waals surface area contributed by atoms with Crippen molar-refractivity contribution in [3.05, 3.63) is 35.4 Å². The Hall–Kier alpha value is -0.830. The van der Waals surface area contributed by atoms with Crippen LogP contribution in [0, 0.1) is 5.92 Å². The van der Waals surface area contributed by atoms with E-state index in [1.54, 1.807) is 0 Å². The number of rotatable bonds is 6. The summed E-state index contributed by atoms with van der Waals surface area (Å²) < 4.78 is 0. The molecule has 3 heteroatoms. The summed E-state index contributed by atoms with van der Waals surface area (Å²) in [5.41, 5.74) is 2.39. The average Bonchev–Trinajstić information content (AvgIpc) is 2.36. The molecule has 1 aromatic rings. The van der Waals surface area contributed by atoms with Gasteiger partial charge in [-0.25, -0.2) is 0 Å². The number of halogens is 1. The van der Waals surface area contributed by atoms with Crippen molar-refractivity contribution in [1.82, 2.24) is 5.32 Å². The van der Waals surface area contributed by atoms with Gasteiger partial charge >= 0.3 is 0 Å². The SMILES string of the molecule is CCC(C)CC(=O)NCc1cccc(CBr)c1. The van der Waals surface area contributed by atoms with E-state index in [0.29, 0.717) is 18.9 Å². The van der Waals surface area contributed by atoms with Gasteiger partial charge in [-0.1, -0.05) is 60.5 Å². The molecule has 0 saturated carbocycles. The molecule has 1 amide bonds. The molecule has 94 valence electrons. The molecule has 0 spiro atoms. The van der Waals surface area contributed by atoms with Crippen molar-refractivity contribution in [2.45, 2.75) is 38.6 Å². The van der Waals surface area contributed by atoms with E-state index in [0.717, 1.165) is 17.3 Å². The van der Waals surface area contributed by atoms with Crippen molar-refractivity contribution < 1.29 is 4.79 Å². The zero-order valence-corrected chi connectivity index (χ0v) is 12.1. The van der Waals surface area contributed by atoms with Crippen molar-refractivity contribution in [3.8, 4) is 0 Å². The van der Waals surface area contributed by atoms with Crippen LogP contribution in [0.1, 0.15) is 37.8 Å². The van der Waals surface area contributed by atoms with Crippen molar-refractivity contribution in [3.63, 3.8) is 0 Å². The van der Waals surface area contributed by atoms with Gasteiger partial charge in [0.2, 0.25) is 5.91 Å². The summed E-state index contributed by atoms with van der Waals surface area (Å²) in [6.07, 6.45) is 1.67. The van der Waals surface area contributed by atoms with Crippen LogP contribution in [0.4, 0.5) is 0 Å². The Morgan fingerprint density at radius 2 is 2.12 bits per heavy atom. The fourth-order valence-electron chi connectivity index (χ4n) is 1.56. The highest BCUT2D eigenvalue weighted by atomic mass is 79.9. The van der Waals surface area contributed by atoms with Crippen LogP contribution in [0.3, 0.4) is 0 Å². The highest BCUT2D eigenvalue weighted by Crippen LogP contribution is 2.09. The number of hydrogen-bond donors (Lipinski definition) is 1. The molecule has 0 aliphatic heterocycles. The Balaban J connectivity index is 2.41. The maximum absolute atomic E-state index is 11.6. The van der Waals surface area contributed by atoms with Crippen LogP contribution in [0.25, 0.3) is 0 Å². The lowest BCUT2D eigenvalue weighted by Gasteiger charge is -2.09. The fourth-order valence-corrected chi connectivity index (χ4v) is 1.91. The molecule has 1 rings (SSSR count). The Labute approximate surface area is 112 Å². The maximum atomic E-state index is 11.6. The van der Waals surface area contributed by atoms with Crippen molar-refractivity contribution in [2.75, 3.05) is 0 Å². The molecule has 1 aromatic carbocycles. The Morgan fingerprint density at radius 3 is 2.76 bits per heavy atom. The van der Waals surface area contributed by atoms with Gasteiger partial charge in [0.05, 0.1) is 0 Å². The summed E-state index contributed by atoms with van der Waals surface area (Å²) in [4.78, 5) is 11.6. The monoisotopic (exact) mass is 297 g/mol. The van der Waals surface area contributed by atoms with Crippen LogP contribution in [-0.4, -0.2) is 5.91 Å². The van der Waals surface area contributed by atoms with Gasteiger partial charge < -0.3 is 5.32 Å². The molecule has 17 heavy (non-hydrogen) atoms. The van der Waals surface area contributed by atoms with Gasteiger partial charge in [0.15, 0.2) is 0 Å². The normalized spacial score (nSPS) is 12.2. The van der Waals surface area contributed by atoms with E-state index in [1.165, 1.54) is 5.56 Å². The third-order valence-electron chi connectivity index (χ3n) is 2.87. The minimum absolute atomic E-state index is 0.142. The van der Waals surface area contributed by atoms with Gasteiger partial charge in [-0.15, -0.1) is 0 Å². The molecule has 1 unspecified atom stereocenters. The number of nitrogens with one attached hydrogen (secondary N) is 1. The maximum Gasteiger partial charge on any atom is 0.220 e. The van der Waals surface area contributed by atoms with E-state index in [1.807, 2.05) is 12.1 Å². The average molecular weight is 298 g/mol. The van der Waals surface area contributed by atoms with Crippen LogP contribution < -0.4 is 5.32 Å². The lowest BCUT2D eigenvalue weighted by atomic mass is 10.0. The highest BCUT2D eigenvalue weighted by molar-refractivity contribution is 9.08. The number of benzene rings is 1.